The van der Waals surface area contributed by atoms with Gasteiger partial charge >= 0.3 is 0 Å². The van der Waals surface area contributed by atoms with Crippen LogP contribution in [0, 0.1) is 0 Å². The van der Waals surface area contributed by atoms with Gasteiger partial charge in [-0.3, -0.25) is 9.89 Å². The first kappa shape index (κ1) is 12.7. The highest BCUT2D eigenvalue weighted by atomic mass is 16.2. The summed E-state index contributed by atoms with van der Waals surface area (Å²) in [4.78, 5) is 18.0. The van der Waals surface area contributed by atoms with Gasteiger partial charge in [0, 0.05) is 19.5 Å². The Morgan fingerprint density at radius 1 is 1.25 bits per heavy atom. The van der Waals surface area contributed by atoms with E-state index >= 15 is 0 Å². The van der Waals surface area contributed by atoms with E-state index in [2.05, 4.69) is 29.0 Å². The number of amides is 1. The Labute approximate surface area is 96.3 Å². The molecule has 0 saturated carbocycles. The maximum Gasteiger partial charge on any atom is 0.293 e. The zero-order valence-corrected chi connectivity index (χ0v) is 10.3. The summed E-state index contributed by atoms with van der Waals surface area (Å²) < 4.78 is 0. The molecule has 1 amide bonds. The highest BCUT2D eigenvalue weighted by molar-refractivity contribution is 5.90. The standard InChI is InChI=1S/C11H20N4O/c1-4-7-15(8-5-2)11(16)10-12-9(6-3)13-14-10/h4-8H2,1-3H3,(H,12,13,14). The van der Waals surface area contributed by atoms with Crippen molar-refractivity contribution in [2.75, 3.05) is 13.1 Å². The molecule has 1 heterocycles. The van der Waals surface area contributed by atoms with Gasteiger partial charge in [-0.15, -0.1) is 5.10 Å². The predicted molar refractivity (Wildman–Crippen MR) is 62.2 cm³/mol. The molecule has 1 aromatic heterocycles. The van der Waals surface area contributed by atoms with Crippen molar-refractivity contribution in [2.24, 2.45) is 0 Å². The maximum atomic E-state index is 12.0. The van der Waals surface area contributed by atoms with Gasteiger partial charge in [-0.05, 0) is 12.8 Å². The summed E-state index contributed by atoms with van der Waals surface area (Å²) in [7, 11) is 0. The Kier molecular flexibility index (Phi) is 4.95. The summed E-state index contributed by atoms with van der Waals surface area (Å²) in [6.45, 7) is 7.63. The molecule has 0 saturated heterocycles. The summed E-state index contributed by atoms with van der Waals surface area (Å²) >= 11 is 0. The van der Waals surface area contributed by atoms with Gasteiger partial charge in [-0.2, -0.15) is 0 Å². The minimum Gasteiger partial charge on any atom is -0.336 e. The molecular formula is C11H20N4O. The molecule has 1 N–H and O–H groups in total. The highest BCUT2D eigenvalue weighted by Crippen LogP contribution is 2.02. The molecule has 0 radical (unpaired) electrons. The van der Waals surface area contributed by atoms with Crippen LogP contribution in [0.15, 0.2) is 0 Å². The molecule has 1 rings (SSSR count). The minimum absolute atomic E-state index is 0.0698. The number of carbonyl (C=O) groups excluding carboxylic acids is 1. The molecule has 0 spiro atoms. The van der Waals surface area contributed by atoms with Crippen LogP contribution in [0.2, 0.25) is 0 Å². The average Bonchev–Trinajstić information content (AvgIpc) is 2.76. The second kappa shape index (κ2) is 6.25. The third-order valence-electron chi connectivity index (χ3n) is 2.33. The van der Waals surface area contributed by atoms with E-state index in [9.17, 15) is 4.79 Å². The van der Waals surface area contributed by atoms with Gasteiger partial charge in [0.15, 0.2) is 0 Å². The van der Waals surface area contributed by atoms with E-state index in [1.54, 1.807) is 0 Å². The van der Waals surface area contributed by atoms with E-state index in [4.69, 9.17) is 0 Å². The number of aromatic amines is 1. The van der Waals surface area contributed by atoms with Crippen LogP contribution in [0.4, 0.5) is 0 Å². The van der Waals surface area contributed by atoms with E-state index in [0.717, 1.165) is 38.2 Å². The first-order chi connectivity index (χ1) is 7.72. The molecule has 90 valence electrons. The normalized spacial score (nSPS) is 10.4. The van der Waals surface area contributed by atoms with E-state index in [1.165, 1.54) is 0 Å². The summed E-state index contributed by atoms with van der Waals surface area (Å²) in [5, 5.41) is 6.71. The number of rotatable bonds is 6. The summed E-state index contributed by atoms with van der Waals surface area (Å²) in [6.07, 6.45) is 2.68. The molecule has 5 heteroatoms. The van der Waals surface area contributed by atoms with Crippen molar-refractivity contribution in [2.45, 2.75) is 40.0 Å². The van der Waals surface area contributed by atoms with Gasteiger partial charge in [0.05, 0.1) is 0 Å². The van der Waals surface area contributed by atoms with Crippen LogP contribution in [0.5, 0.6) is 0 Å². The van der Waals surface area contributed by atoms with Crippen molar-refractivity contribution in [1.82, 2.24) is 20.1 Å². The van der Waals surface area contributed by atoms with E-state index in [0.29, 0.717) is 5.82 Å². The molecule has 0 aliphatic heterocycles. The Morgan fingerprint density at radius 2 is 1.88 bits per heavy atom. The SMILES string of the molecule is CCCN(CCC)C(=O)c1n[nH]c(CC)n1. The van der Waals surface area contributed by atoms with Crippen molar-refractivity contribution in [3.05, 3.63) is 11.6 Å². The smallest absolute Gasteiger partial charge is 0.293 e. The van der Waals surface area contributed by atoms with Gasteiger partial charge in [0.2, 0.25) is 5.82 Å². The molecule has 0 aliphatic carbocycles. The zero-order valence-electron chi connectivity index (χ0n) is 10.3. The first-order valence-electron chi connectivity index (χ1n) is 5.93. The Hall–Kier alpha value is -1.39. The molecule has 0 aromatic carbocycles. The number of nitrogens with zero attached hydrogens (tertiary/aromatic N) is 3. The van der Waals surface area contributed by atoms with Crippen molar-refractivity contribution >= 4 is 5.91 Å². The zero-order chi connectivity index (χ0) is 12.0. The Morgan fingerprint density at radius 3 is 2.31 bits per heavy atom. The fourth-order valence-corrected chi connectivity index (χ4v) is 1.55. The quantitative estimate of drug-likeness (QED) is 0.798. The molecule has 0 bridgehead atoms. The molecule has 0 fully saturated rings. The van der Waals surface area contributed by atoms with Gasteiger partial charge in [0.1, 0.15) is 5.82 Å². The second-order valence-corrected chi connectivity index (χ2v) is 3.75. The molecular weight excluding hydrogens is 204 g/mol. The number of aryl methyl sites for hydroxylation is 1. The summed E-state index contributed by atoms with van der Waals surface area (Å²) in [6, 6.07) is 0. The molecule has 1 aromatic rings. The molecule has 0 aliphatic rings. The topological polar surface area (TPSA) is 61.9 Å². The summed E-state index contributed by atoms with van der Waals surface area (Å²) in [5.41, 5.74) is 0. The van der Waals surface area contributed by atoms with E-state index < -0.39 is 0 Å². The fraction of sp³-hybridized carbons (Fsp3) is 0.727. The van der Waals surface area contributed by atoms with Crippen molar-refractivity contribution in [1.29, 1.82) is 0 Å². The average molecular weight is 224 g/mol. The molecule has 0 unspecified atom stereocenters. The lowest BCUT2D eigenvalue weighted by Crippen LogP contribution is -2.33. The van der Waals surface area contributed by atoms with Gasteiger partial charge in [-0.25, -0.2) is 4.98 Å². The van der Waals surface area contributed by atoms with Crippen LogP contribution in [-0.4, -0.2) is 39.1 Å². The summed E-state index contributed by atoms with van der Waals surface area (Å²) in [5.74, 6) is 0.981. The highest BCUT2D eigenvalue weighted by Gasteiger charge is 2.18. The van der Waals surface area contributed by atoms with E-state index in [1.807, 2.05) is 11.8 Å². The van der Waals surface area contributed by atoms with Crippen LogP contribution in [-0.2, 0) is 6.42 Å². The molecule has 5 nitrogen and oxygen atoms in total. The molecule has 16 heavy (non-hydrogen) atoms. The first-order valence-corrected chi connectivity index (χ1v) is 5.93. The lowest BCUT2D eigenvalue weighted by molar-refractivity contribution is 0.0743. The Balaban J connectivity index is 2.72. The van der Waals surface area contributed by atoms with Crippen LogP contribution in [0.25, 0.3) is 0 Å². The largest absolute Gasteiger partial charge is 0.336 e. The number of hydrogen-bond acceptors (Lipinski definition) is 3. The van der Waals surface area contributed by atoms with Crippen LogP contribution < -0.4 is 0 Å². The number of aromatic nitrogens is 3. The number of carbonyl (C=O) groups is 1. The number of hydrogen-bond donors (Lipinski definition) is 1. The van der Waals surface area contributed by atoms with E-state index in [-0.39, 0.29) is 5.91 Å². The van der Waals surface area contributed by atoms with Crippen LogP contribution in [0.3, 0.4) is 0 Å². The predicted octanol–water partition coefficient (Wildman–Crippen LogP) is 1.63. The Bertz CT molecular complexity index is 328. The number of nitrogens with one attached hydrogen (secondary N) is 1. The van der Waals surface area contributed by atoms with Gasteiger partial charge < -0.3 is 4.90 Å². The minimum atomic E-state index is -0.0698. The van der Waals surface area contributed by atoms with Crippen molar-refractivity contribution < 1.29 is 4.79 Å². The monoisotopic (exact) mass is 224 g/mol. The third kappa shape index (κ3) is 3.05. The van der Waals surface area contributed by atoms with Crippen molar-refractivity contribution in [3.8, 4) is 0 Å². The second-order valence-electron chi connectivity index (χ2n) is 3.75. The number of H-pyrrole nitrogens is 1. The van der Waals surface area contributed by atoms with Gasteiger partial charge in [-0.1, -0.05) is 20.8 Å². The van der Waals surface area contributed by atoms with Crippen molar-refractivity contribution in [3.63, 3.8) is 0 Å². The van der Waals surface area contributed by atoms with Crippen LogP contribution >= 0.6 is 0 Å². The lowest BCUT2D eigenvalue weighted by Gasteiger charge is -2.19. The lowest BCUT2D eigenvalue weighted by atomic mass is 10.3. The van der Waals surface area contributed by atoms with Gasteiger partial charge in [0.25, 0.3) is 5.91 Å². The maximum absolute atomic E-state index is 12.0. The van der Waals surface area contributed by atoms with Crippen LogP contribution in [0.1, 0.15) is 50.1 Å². The third-order valence-corrected chi connectivity index (χ3v) is 2.33. The molecule has 0 atom stereocenters. The fourth-order valence-electron chi connectivity index (χ4n) is 1.55.